The molecule has 0 saturated carbocycles. The summed E-state index contributed by atoms with van der Waals surface area (Å²) in [5.41, 5.74) is -1.14. The van der Waals surface area contributed by atoms with Crippen LogP contribution in [0.5, 0.6) is 0 Å². The molecule has 1 N–H and O–H groups in total. The standard InChI is InChI=1S/C10H6F5N3/c1-2-3-16-10(18-17-3)4-5(11)7(13)9(15)8(14)6(4)12/h2H2,1H3,(H,16,17,18). The van der Waals surface area contributed by atoms with E-state index < -0.39 is 40.5 Å². The Balaban J connectivity index is 2.71. The van der Waals surface area contributed by atoms with Gasteiger partial charge in [-0.1, -0.05) is 6.92 Å². The molecule has 0 spiro atoms. The van der Waals surface area contributed by atoms with Crippen molar-refractivity contribution in [3.05, 3.63) is 34.9 Å². The van der Waals surface area contributed by atoms with Gasteiger partial charge in [-0.3, -0.25) is 5.10 Å². The Morgan fingerprint density at radius 3 is 1.83 bits per heavy atom. The SMILES string of the molecule is CCc1nc(-c2c(F)c(F)c(F)c(F)c2F)n[nH]1. The van der Waals surface area contributed by atoms with E-state index in [4.69, 9.17) is 0 Å². The molecule has 18 heavy (non-hydrogen) atoms. The zero-order valence-electron chi connectivity index (χ0n) is 8.99. The highest BCUT2D eigenvalue weighted by molar-refractivity contribution is 5.57. The number of nitrogens with zero attached hydrogens (tertiary/aromatic N) is 2. The fourth-order valence-corrected chi connectivity index (χ4v) is 1.37. The van der Waals surface area contributed by atoms with E-state index in [-0.39, 0.29) is 5.82 Å². The maximum Gasteiger partial charge on any atom is 0.200 e. The van der Waals surface area contributed by atoms with Crippen molar-refractivity contribution in [3.8, 4) is 11.4 Å². The van der Waals surface area contributed by atoms with Crippen molar-refractivity contribution in [1.29, 1.82) is 0 Å². The second-order valence-corrected chi connectivity index (χ2v) is 3.40. The molecule has 1 heterocycles. The quantitative estimate of drug-likeness (QED) is 0.514. The van der Waals surface area contributed by atoms with Crippen LogP contribution in [0.15, 0.2) is 0 Å². The van der Waals surface area contributed by atoms with E-state index in [9.17, 15) is 22.0 Å². The van der Waals surface area contributed by atoms with Gasteiger partial charge >= 0.3 is 0 Å². The van der Waals surface area contributed by atoms with Crippen molar-refractivity contribution in [2.45, 2.75) is 13.3 Å². The van der Waals surface area contributed by atoms with Gasteiger partial charge in [-0.05, 0) is 0 Å². The molecular weight excluding hydrogens is 257 g/mol. The summed E-state index contributed by atoms with van der Waals surface area (Å²) in [6.07, 6.45) is 0.377. The molecule has 0 unspecified atom stereocenters. The summed E-state index contributed by atoms with van der Waals surface area (Å²) in [6.45, 7) is 1.68. The van der Waals surface area contributed by atoms with Gasteiger partial charge in [0.25, 0.3) is 0 Å². The third-order valence-electron chi connectivity index (χ3n) is 2.30. The molecule has 0 radical (unpaired) electrons. The summed E-state index contributed by atoms with van der Waals surface area (Å²) < 4.78 is 65.5. The van der Waals surface area contributed by atoms with E-state index in [1.54, 1.807) is 6.92 Å². The number of halogens is 5. The maximum atomic E-state index is 13.4. The lowest BCUT2D eigenvalue weighted by atomic mass is 10.1. The lowest BCUT2D eigenvalue weighted by Crippen LogP contribution is -2.04. The zero-order valence-corrected chi connectivity index (χ0v) is 8.99. The molecule has 0 amide bonds. The Labute approximate surface area is 97.7 Å². The summed E-state index contributed by atoms with van der Waals surface area (Å²) in [7, 11) is 0. The molecule has 0 atom stereocenters. The van der Waals surface area contributed by atoms with E-state index in [0.29, 0.717) is 6.42 Å². The first-order chi connectivity index (χ1) is 8.47. The zero-order chi connectivity index (χ0) is 13.4. The van der Waals surface area contributed by atoms with Crippen molar-refractivity contribution in [3.63, 3.8) is 0 Å². The predicted molar refractivity (Wildman–Crippen MR) is 51.0 cm³/mol. The largest absolute Gasteiger partial charge is 0.263 e. The van der Waals surface area contributed by atoms with Gasteiger partial charge in [-0.2, -0.15) is 5.10 Å². The van der Waals surface area contributed by atoms with Gasteiger partial charge in [0, 0.05) is 6.42 Å². The number of rotatable bonds is 2. The minimum Gasteiger partial charge on any atom is -0.263 e. The third-order valence-corrected chi connectivity index (χ3v) is 2.30. The van der Waals surface area contributed by atoms with E-state index in [1.165, 1.54) is 0 Å². The molecule has 8 heteroatoms. The molecule has 2 rings (SSSR count). The van der Waals surface area contributed by atoms with Crippen LogP contribution in [0.1, 0.15) is 12.7 Å². The molecule has 1 aromatic heterocycles. The monoisotopic (exact) mass is 263 g/mol. The Hall–Kier alpha value is -1.99. The van der Waals surface area contributed by atoms with Crippen LogP contribution in [-0.4, -0.2) is 15.2 Å². The van der Waals surface area contributed by atoms with E-state index in [2.05, 4.69) is 15.2 Å². The number of nitrogens with one attached hydrogen (secondary N) is 1. The highest BCUT2D eigenvalue weighted by Crippen LogP contribution is 2.29. The first-order valence-corrected chi connectivity index (χ1v) is 4.90. The van der Waals surface area contributed by atoms with Crippen LogP contribution in [-0.2, 0) is 6.42 Å². The van der Waals surface area contributed by atoms with Crippen LogP contribution >= 0.6 is 0 Å². The number of benzene rings is 1. The molecule has 0 aliphatic heterocycles. The summed E-state index contributed by atoms with van der Waals surface area (Å²) >= 11 is 0. The number of aromatic nitrogens is 3. The number of aryl methyl sites for hydroxylation is 1. The maximum absolute atomic E-state index is 13.4. The van der Waals surface area contributed by atoms with E-state index in [1.807, 2.05) is 0 Å². The van der Waals surface area contributed by atoms with Crippen molar-refractivity contribution < 1.29 is 22.0 Å². The van der Waals surface area contributed by atoms with Gasteiger partial charge in [0.1, 0.15) is 5.82 Å². The topological polar surface area (TPSA) is 41.6 Å². The molecule has 0 aliphatic carbocycles. The van der Waals surface area contributed by atoms with Crippen LogP contribution in [0.25, 0.3) is 11.4 Å². The van der Waals surface area contributed by atoms with Crippen molar-refractivity contribution in [2.75, 3.05) is 0 Å². The van der Waals surface area contributed by atoms with Gasteiger partial charge in [0.15, 0.2) is 29.1 Å². The Morgan fingerprint density at radius 1 is 0.889 bits per heavy atom. The van der Waals surface area contributed by atoms with Crippen LogP contribution in [0.2, 0.25) is 0 Å². The molecule has 3 nitrogen and oxygen atoms in total. The fraction of sp³-hybridized carbons (Fsp3) is 0.200. The first-order valence-electron chi connectivity index (χ1n) is 4.90. The Kier molecular flexibility index (Phi) is 3.02. The summed E-state index contributed by atoms with van der Waals surface area (Å²) in [5.74, 6) is -10.5. The normalized spacial score (nSPS) is 11.0. The van der Waals surface area contributed by atoms with Gasteiger partial charge in [-0.15, -0.1) is 0 Å². The van der Waals surface area contributed by atoms with Gasteiger partial charge in [0.2, 0.25) is 5.82 Å². The number of aromatic amines is 1. The Morgan fingerprint density at radius 2 is 1.39 bits per heavy atom. The lowest BCUT2D eigenvalue weighted by Gasteiger charge is -2.04. The lowest BCUT2D eigenvalue weighted by molar-refractivity contribution is 0.381. The summed E-state index contributed by atoms with van der Waals surface area (Å²) in [4.78, 5) is 3.63. The number of hydrogen-bond donors (Lipinski definition) is 1. The van der Waals surface area contributed by atoms with Crippen LogP contribution < -0.4 is 0 Å². The molecule has 1 aromatic carbocycles. The molecule has 0 saturated heterocycles. The molecular formula is C10H6F5N3. The van der Waals surface area contributed by atoms with Gasteiger partial charge < -0.3 is 0 Å². The molecule has 0 bridgehead atoms. The van der Waals surface area contributed by atoms with Crippen LogP contribution in [0.3, 0.4) is 0 Å². The second-order valence-electron chi connectivity index (χ2n) is 3.40. The summed E-state index contributed by atoms with van der Waals surface area (Å²) in [6, 6.07) is 0. The van der Waals surface area contributed by atoms with E-state index in [0.717, 1.165) is 0 Å². The van der Waals surface area contributed by atoms with Crippen molar-refractivity contribution in [1.82, 2.24) is 15.2 Å². The van der Waals surface area contributed by atoms with Crippen LogP contribution in [0.4, 0.5) is 22.0 Å². The Bertz CT molecular complexity index is 579. The highest BCUT2D eigenvalue weighted by Gasteiger charge is 2.28. The minimum atomic E-state index is -2.21. The molecule has 0 aliphatic rings. The number of H-pyrrole nitrogens is 1. The average molecular weight is 263 g/mol. The van der Waals surface area contributed by atoms with Gasteiger partial charge in [0.05, 0.1) is 5.56 Å². The second kappa shape index (κ2) is 4.35. The molecule has 96 valence electrons. The number of hydrogen-bond acceptors (Lipinski definition) is 2. The van der Waals surface area contributed by atoms with Gasteiger partial charge in [-0.25, -0.2) is 26.9 Å². The molecule has 2 aromatic rings. The van der Waals surface area contributed by atoms with Crippen LogP contribution in [0, 0.1) is 29.1 Å². The fourth-order valence-electron chi connectivity index (χ4n) is 1.37. The smallest absolute Gasteiger partial charge is 0.200 e. The van der Waals surface area contributed by atoms with Crippen molar-refractivity contribution in [2.24, 2.45) is 0 Å². The molecule has 0 fully saturated rings. The third kappa shape index (κ3) is 1.73. The highest BCUT2D eigenvalue weighted by atomic mass is 19.2. The van der Waals surface area contributed by atoms with E-state index >= 15 is 0 Å². The van der Waals surface area contributed by atoms with Crippen molar-refractivity contribution >= 4 is 0 Å². The minimum absolute atomic E-state index is 0.272. The predicted octanol–water partition coefficient (Wildman–Crippen LogP) is 2.73. The summed E-state index contributed by atoms with van der Waals surface area (Å²) in [5, 5.41) is 5.75. The first kappa shape index (κ1) is 12.5. The average Bonchev–Trinajstić information content (AvgIpc) is 2.83.